The molecule has 1 fully saturated rings. The summed E-state index contributed by atoms with van der Waals surface area (Å²) in [5.74, 6) is -2.07. The number of hydrogen-bond acceptors (Lipinski definition) is 6. The van der Waals surface area contributed by atoms with Gasteiger partial charge in [0.05, 0.1) is 24.3 Å². The van der Waals surface area contributed by atoms with Crippen LogP contribution in [0, 0.1) is 17.3 Å². The molecule has 1 aliphatic heterocycles. The summed E-state index contributed by atoms with van der Waals surface area (Å²) in [5, 5.41) is 0. The predicted molar refractivity (Wildman–Crippen MR) is 161 cm³/mol. The fourth-order valence-electron chi connectivity index (χ4n) is 5.30. The number of cyclic esters (lactones) is 1. The number of esters is 2. The van der Waals surface area contributed by atoms with E-state index in [9.17, 15) is 9.59 Å². The van der Waals surface area contributed by atoms with Crippen LogP contribution >= 0.6 is 0 Å². The highest BCUT2D eigenvalue weighted by molar-refractivity contribution is 6.13. The van der Waals surface area contributed by atoms with Gasteiger partial charge in [-0.2, -0.15) is 0 Å². The van der Waals surface area contributed by atoms with Crippen LogP contribution in [0.3, 0.4) is 0 Å². The molecular formula is C35H41NO5. The molecule has 0 amide bonds. The molecular weight excluding hydrogens is 514 g/mol. The van der Waals surface area contributed by atoms with Gasteiger partial charge in [-0.15, -0.1) is 0 Å². The summed E-state index contributed by atoms with van der Waals surface area (Å²) in [7, 11) is 0. The number of hydrogen-bond donors (Lipinski definition) is 0. The number of nitrogens with zero attached hydrogens (tertiary/aromatic N) is 1. The molecule has 0 aliphatic carbocycles. The fraction of sp³-hybridized carbons (Fsp3) is 0.400. The number of aliphatic imine (C=N–C) groups is 1. The highest BCUT2D eigenvalue weighted by Crippen LogP contribution is 2.38. The lowest BCUT2D eigenvalue weighted by atomic mass is 9.78. The highest BCUT2D eigenvalue weighted by atomic mass is 16.7. The first-order chi connectivity index (χ1) is 19.7. The SMILES string of the molecule is CCOC(=O)[C@@H](N=C(c1ccccc1)c1ccccc1)[C@@H](CCc1ccccc1)[C@H]1C(=O)O[C@H](C(C)(C)C)O[C@@H]1C. The predicted octanol–water partition coefficient (Wildman–Crippen LogP) is 6.66. The summed E-state index contributed by atoms with van der Waals surface area (Å²) in [4.78, 5) is 32.6. The zero-order valence-electron chi connectivity index (χ0n) is 24.7. The van der Waals surface area contributed by atoms with Crippen LogP contribution in [0.15, 0.2) is 96.0 Å². The molecule has 216 valence electrons. The van der Waals surface area contributed by atoms with Gasteiger partial charge in [-0.3, -0.25) is 9.79 Å². The van der Waals surface area contributed by atoms with E-state index in [1.54, 1.807) is 6.92 Å². The van der Waals surface area contributed by atoms with Crippen molar-refractivity contribution in [3.63, 3.8) is 0 Å². The molecule has 1 aliphatic rings. The Balaban J connectivity index is 1.82. The molecule has 41 heavy (non-hydrogen) atoms. The van der Waals surface area contributed by atoms with E-state index in [0.717, 1.165) is 16.7 Å². The second kappa shape index (κ2) is 13.7. The van der Waals surface area contributed by atoms with Crippen molar-refractivity contribution in [2.75, 3.05) is 6.61 Å². The number of carbonyl (C=O) groups excluding carboxylic acids is 2. The summed E-state index contributed by atoms with van der Waals surface area (Å²) in [6, 6.07) is 28.7. The number of ether oxygens (including phenoxy) is 3. The van der Waals surface area contributed by atoms with Gasteiger partial charge in [0.25, 0.3) is 0 Å². The minimum atomic E-state index is -0.955. The van der Waals surface area contributed by atoms with Crippen molar-refractivity contribution in [3.05, 3.63) is 108 Å². The minimum Gasteiger partial charge on any atom is -0.464 e. The van der Waals surface area contributed by atoms with Crippen LogP contribution in [-0.2, 0) is 30.2 Å². The van der Waals surface area contributed by atoms with Gasteiger partial charge < -0.3 is 14.2 Å². The molecule has 6 nitrogen and oxygen atoms in total. The maximum atomic E-state index is 13.8. The van der Waals surface area contributed by atoms with Crippen molar-refractivity contribution in [3.8, 4) is 0 Å². The normalized spacial score (nSPS) is 20.4. The van der Waals surface area contributed by atoms with Crippen molar-refractivity contribution in [1.82, 2.24) is 0 Å². The smallest absolute Gasteiger partial charge is 0.331 e. The molecule has 0 bridgehead atoms. The Bertz CT molecular complexity index is 1260. The van der Waals surface area contributed by atoms with Crippen LogP contribution in [0.5, 0.6) is 0 Å². The van der Waals surface area contributed by atoms with E-state index in [-0.39, 0.29) is 18.0 Å². The molecule has 0 N–H and O–H groups in total. The van der Waals surface area contributed by atoms with Gasteiger partial charge in [-0.05, 0) is 32.3 Å². The van der Waals surface area contributed by atoms with Crippen LogP contribution in [0.4, 0.5) is 0 Å². The molecule has 6 heteroatoms. The number of rotatable bonds is 10. The third-order valence-corrected chi connectivity index (χ3v) is 7.41. The van der Waals surface area contributed by atoms with Gasteiger partial charge >= 0.3 is 11.9 Å². The van der Waals surface area contributed by atoms with Crippen molar-refractivity contribution < 1.29 is 23.8 Å². The molecule has 3 aromatic carbocycles. The van der Waals surface area contributed by atoms with Crippen molar-refractivity contribution in [1.29, 1.82) is 0 Å². The third kappa shape index (κ3) is 7.70. The van der Waals surface area contributed by atoms with E-state index in [1.807, 2.05) is 119 Å². The maximum absolute atomic E-state index is 13.8. The largest absolute Gasteiger partial charge is 0.464 e. The van der Waals surface area contributed by atoms with Gasteiger partial charge in [0.15, 0.2) is 6.04 Å². The van der Waals surface area contributed by atoms with Crippen LogP contribution in [0.25, 0.3) is 0 Å². The third-order valence-electron chi connectivity index (χ3n) is 7.41. The summed E-state index contributed by atoms with van der Waals surface area (Å²) in [6.07, 6.45) is 0.0129. The van der Waals surface area contributed by atoms with Gasteiger partial charge in [0.1, 0.15) is 0 Å². The van der Waals surface area contributed by atoms with E-state index in [4.69, 9.17) is 19.2 Å². The Morgan fingerprint density at radius 1 is 0.902 bits per heavy atom. The van der Waals surface area contributed by atoms with Gasteiger partial charge in [-0.25, -0.2) is 4.79 Å². The van der Waals surface area contributed by atoms with Gasteiger partial charge in [0.2, 0.25) is 6.29 Å². The molecule has 4 rings (SSSR count). The zero-order chi connectivity index (χ0) is 29.4. The zero-order valence-corrected chi connectivity index (χ0v) is 24.7. The Morgan fingerprint density at radius 2 is 1.44 bits per heavy atom. The summed E-state index contributed by atoms with van der Waals surface area (Å²) in [6.45, 7) is 9.80. The highest BCUT2D eigenvalue weighted by Gasteiger charge is 2.49. The first-order valence-electron chi connectivity index (χ1n) is 14.4. The lowest BCUT2D eigenvalue weighted by molar-refractivity contribution is -0.259. The average Bonchev–Trinajstić information content (AvgIpc) is 2.96. The summed E-state index contributed by atoms with van der Waals surface area (Å²) < 4.78 is 17.8. The van der Waals surface area contributed by atoms with E-state index in [0.29, 0.717) is 18.6 Å². The molecule has 0 unspecified atom stereocenters. The molecule has 3 aromatic rings. The Hall–Kier alpha value is -3.77. The van der Waals surface area contributed by atoms with Crippen LogP contribution < -0.4 is 0 Å². The van der Waals surface area contributed by atoms with Gasteiger partial charge in [0, 0.05) is 22.5 Å². The topological polar surface area (TPSA) is 74.2 Å². The molecule has 0 saturated carbocycles. The molecule has 1 heterocycles. The fourth-order valence-corrected chi connectivity index (χ4v) is 5.30. The number of benzene rings is 3. The first kappa shape index (κ1) is 30.2. The molecule has 0 aromatic heterocycles. The Labute approximate surface area is 243 Å². The number of aryl methyl sites for hydroxylation is 1. The Kier molecular flexibility index (Phi) is 10.1. The van der Waals surface area contributed by atoms with E-state index >= 15 is 0 Å². The monoisotopic (exact) mass is 555 g/mol. The van der Waals surface area contributed by atoms with Crippen LogP contribution in [-0.4, -0.2) is 42.7 Å². The minimum absolute atomic E-state index is 0.204. The quantitative estimate of drug-likeness (QED) is 0.207. The standard InChI is InChI=1S/C35H41NO5/c1-6-39-33(38)31(36-30(26-18-12-8-13-19-26)27-20-14-9-15-21-27)28(23-22-25-16-10-7-11-17-25)29-24(2)40-34(35(3,4)5)41-32(29)37/h7-21,24,28-29,31,34H,6,22-23H2,1-5H3/t24-,28+,29+,31+,34-/m1/s1. The second-order valence-electron chi connectivity index (χ2n) is 11.6. The van der Waals surface area contributed by atoms with Crippen molar-refractivity contribution >= 4 is 17.7 Å². The molecule has 0 spiro atoms. The Morgan fingerprint density at radius 3 is 1.93 bits per heavy atom. The molecule has 5 atom stereocenters. The van der Waals surface area contributed by atoms with Crippen molar-refractivity contribution in [2.45, 2.75) is 65.9 Å². The van der Waals surface area contributed by atoms with Crippen LogP contribution in [0.1, 0.15) is 57.7 Å². The lowest BCUT2D eigenvalue weighted by Crippen LogP contribution is -2.52. The lowest BCUT2D eigenvalue weighted by Gasteiger charge is -2.42. The summed E-state index contributed by atoms with van der Waals surface area (Å²) >= 11 is 0. The van der Waals surface area contributed by atoms with E-state index in [2.05, 4.69) is 0 Å². The first-order valence-corrected chi connectivity index (χ1v) is 14.4. The molecule has 0 radical (unpaired) electrons. The van der Waals surface area contributed by atoms with E-state index in [1.165, 1.54) is 0 Å². The average molecular weight is 556 g/mol. The second-order valence-corrected chi connectivity index (χ2v) is 11.6. The number of carbonyl (C=O) groups is 2. The van der Waals surface area contributed by atoms with E-state index < -0.39 is 36.2 Å². The van der Waals surface area contributed by atoms with Crippen molar-refractivity contribution in [2.24, 2.45) is 22.2 Å². The maximum Gasteiger partial charge on any atom is 0.331 e. The van der Waals surface area contributed by atoms with Crippen LogP contribution in [0.2, 0.25) is 0 Å². The molecule has 1 saturated heterocycles. The van der Waals surface area contributed by atoms with Gasteiger partial charge in [-0.1, -0.05) is 112 Å². The summed E-state index contributed by atoms with van der Waals surface area (Å²) in [5.41, 5.74) is 3.14.